The van der Waals surface area contributed by atoms with E-state index >= 15 is 0 Å². The van der Waals surface area contributed by atoms with Crippen LogP contribution in [0.15, 0.2) is 12.3 Å². The first-order chi connectivity index (χ1) is 6.57. The lowest BCUT2D eigenvalue weighted by Gasteiger charge is -2.03. The van der Waals surface area contributed by atoms with Crippen molar-refractivity contribution in [2.24, 2.45) is 0 Å². The molecule has 0 aliphatic rings. The van der Waals surface area contributed by atoms with Gasteiger partial charge in [-0.2, -0.15) is 0 Å². The largest absolute Gasteiger partial charge is 0.301 e. The predicted molar refractivity (Wildman–Crippen MR) is 45.4 cm³/mol. The van der Waals surface area contributed by atoms with E-state index in [2.05, 4.69) is 4.98 Å². The number of hydrogen-bond acceptors (Lipinski definition) is 3. The molecule has 1 rings (SSSR count). The molecular formula is C7H5ClF2N2O2. The Hall–Kier alpha value is -1.30. The fraction of sp³-hybridized carbons (Fsp3) is 0.286. The molecule has 0 fully saturated rings. The van der Waals surface area contributed by atoms with Gasteiger partial charge in [0.25, 0.3) is 6.43 Å². The molecule has 0 N–H and O–H groups in total. The van der Waals surface area contributed by atoms with E-state index in [4.69, 9.17) is 11.6 Å². The molecule has 76 valence electrons. The first-order valence-corrected chi connectivity index (χ1v) is 4.07. The van der Waals surface area contributed by atoms with Crippen LogP contribution in [0.1, 0.15) is 17.7 Å². The summed E-state index contributed by atoms with van der Waals surface area (Å²) in [6.07, 6.45) is -1.90. The summed E-state index contributed by atoms with van der Waals surface area (Å²) in [4.78, 5) is 12.8. The van der Waals surface area contributed by atoms with Gasteiger partial charge in [-0.1, -0.05) is 0 Å². The monoisotopic (exact) mass is 222 g/mol. The van der Waals surface area contributed by atoms with Crippen LogP contribution in [0.4, 0.5) is 14.5 Å². The lowest BCUT2D eigenvalue weighted by Crippen LogP contribution is -2.02. The maximum absolute atomic E-state index is 12.3. The molecule has 0 spiro atoms. The molecule has 4 nitrogen and oxygen atoms in total. The first-order valence-electron chi connectivity index (χ1n) is 3.54. The maximum Gasteiger partial charge on any atom is 0.301 e. The summed E-state index contributed by atoms with van der Waals surface area (Å²) in [7, 11) is 0. The van der Waals surface area contributed by atoms with Gasteiger partial charge in [-0.05, 0) is 6.07 Å². The van der Waals surface area contributed by atoms with Gasteiger partial charge in [0.15, 0.2) is 5.69 Å². The quantitative estimate of drug-likeness (QED) is 0.449. The predicted octanol–water partition coefficient (Wildman–Crippen LogP) is 2.67. The zero-order valence-corrected chi connectivity index (χ0v) is 7.54. The molecule has 1 heterocycles. The minimum Gasteiger partial charge on any atom is -0.258 e. The minimum absolute atomic E-state index is 0.0435. The van der Waals surface area contributed by atoms with Crippen molar-refractivity contribution >= 4 is 17.3 Å². The van der Waals surface area contributed by atoms with E-state index in [1.165, 1.54) is 6.07 Å². The highest BCUT2D eigenvalue weighted by molar-refractivity contribution is 6.17. The molecule has 1 aromatic rings. The van der Waals surface area contributed by atoms with Gasteiger partial charge in [-0.3, -0.25) is 10.1 Å². The van der Waals surface area contributed by atoms with E-state index in [1.807, 2.05) is 0 Å². The van der Waals surface area contributed by atoms with Crippen LogP contribution < -0.4 is 0 Å². The number of rotatable bonds is 3. The third-order valence-electron chi connectivity index (χ3n) is 1.57. The summed E-state index contributed by atoms with van der Waals surface area (Å²) in [5, 5.41) is 10.5. The van der Waals surface area contributed by atoms with Crippen molar-refractivity contribution < 1.29 is 13.7 Å². The Kier molecular flexibility index (Phi) is 3.29. The number of aromatic nitrogens is 1. The van der Waals surface area contributed by atoms with Gasteiger partial charge in [0.05, 0.1) is 10.8 Å². The average molecular weight is 223 g/mol. The third-order valence-corrected chi connectivity index (χ3v) is 1.86. The zero-order chi connectivity index (χ0) is 10.7. The number of nitrogens with zero attached hydrogens (tertiary/aromatic N) is 2. The highest BCUT2D eigenvalue weighted by Gasteiger charge is 2.26. The fourth-order valence-corrected chi connectivity index (χ4v) is 1.21. The first kappa shape index (κ1) is 10.8. The summed E-state index contributed by atoms with van der Waals surface area (Å²) in [5.74, 6) is -0.196. The van der Waals surface area contributed by atoms with E-state index in [1.54, 1.807) is 0 Å². The second kappa shape index (κ2) is 4.28. The molecule has 0 amide bonds. The SMILES string of the molecule is O=[N+]([O-])c1c(CCl)ccnc1C(F)F. The van der Waals surface area contributed by atoms with Crippen molar-refractivity contribution in [3.8, 4) is 0 Å². The molecule has 0 aliphatic heterocycles. The van der Waals surface area contributed by atoms with Gasteiger partial charge in [-0.25, -0.2) is 13.8 Å². The maximum atomic E-state index is 12.3. The number of halogens is 3. The zero-order valence-electron chi connectivity index (χ0n) is 6.78. The van der Waals surface area contributed by atoms with Crippen LogP contribution in [0, 0.1) is 10.1 Å². The Morgan fingerprint density at radius 3 is 2.71 bits per heavy atom. The van der Waals surface area contributed by atoms with Crippen molar-refractivity contribution in [2.45, 2.75) is 12.3 Å². The minimum atomic E-state index is -2.97. The highest BCUT2D eigenvalue weighted by Crippen LogP contribution is 2.30. The second-order valence-electron chi connectivity index (χ2n) is 2.40. The summed E-state index contributed by atoms with van der Waals surface area (Å²) in [5.41, 5.74) is -1.49. The van der Waals surface area contributed by atoms with E-state index in [9.17, 15) is 18.9 Å². The summed E-state index contributed by atoms with van der Waals surface area (Å²) >= 11 is 5.38. The molecule has 0 saturated carbocycles. The molecule has 7 heteroatoms. The van der Waals surface area contributed by atoms with Crippen molar-refractivity contribution in [3.63, 3.8) is 0 Å². The van der Waals surface area contributed by atoms with Crippen molar-refractivity contribution in [2.75, 3.05) is 0 Å². The topological polar surface area (TPSA) is 56.0 Å². The molecule has 14 heavy (non-hydrogen) atoms. The normalized spacial score (nSPS) is 10.6. The summed E-state index contributed by atoms with van der Waals surface area (Å²) in [6.45, 7) is 0. The summed E-state index contributed by atoms with van der Waals surface area (Å²) in [6, 6.07) is 1.25. The lowest BCUT2D eigenvalue weighted by molar-refractivity contribution is -0.387. The number of pyridine rings is 1. The Labute approximate surface area is 82.7 Å². The summed E-state index contributed by atoms with van der Waals surface area (Å²) < 4.78 is 24.6. The number of alkyl halides is 3. The van der Waals surface area contributed by atoms with Crippen molar-refractivity contribution in [1.29, 1.82) is 0 Å². The molecule has 1 aromatic heterocycles. The van der Waals surface area contributed by atoms with Crippen LogP contribution >= 0.6 is 11.6 Å². The Balaban J connectivity index is 3.35. The van der Waals surface area contributed by atoms with Crippen LogP contribution in [0.3, 0.4) is 0 Å². The highest BCUT2D eigenvalue weighted by atomic mass is 35.5. The molecule has 0 aromatic carbocycles. The number of nitro groups is 1. The van der Waals surface area contributed by atoms with E-state index in [-0.39, 0.29) is 11.4 Å². The average Bonchev–Trinajstić information content (AvgIpc) is 2.16. The standard InChI is InChI=1S/C7H5ClF2N2O2/c8-3-4-1-2-11-5(7(9)10)6(4)12(13)14/h1-2,7H,3H2. The second-order valence-corrected chi connectivity index (χ2v) is 2.66. The van der Waals surface area contributed by atoms with E-state index in [0.717, 1.165) is 6.20 Å². The Bertz CT molecular complexity index is 360. The van der Waals surface area contributed by atoms with Gasteiger partial charge in [0, 0.05) is 11.8 Å². The fourth-order valence-electron chi connectivity index (χ4n) is 0.990. The van der Waals surface area contributed by atoms with Crippen molar-refractivity contribution in [3.05, 3.63) is 33.6 Å². The van der Waals surface area contributed by atoms with E-state index < -0.39 is 22.7 Å². The molecule has 0 radical (unpaired) electrons. The van der Waals surface area contributed by atoms with Crippen LogP contribution in [-0.2, 0) is 5.88 Å². The molecule has 0 aliphatic carbocycles. The molecule has 0 saturated heterocycles. The molecule has 0 atom stereocenters. The molecular weight excluding hydrogens is 218 g/mol. The Morgan fingerprint density at radius 1 is 1.64 bits per heavy atom. The van der Waals surface area contributed by atoms with Gasteiger partial charge in [-0.15, -0.1) is 11.6 Å². The third kappa shape index (κ3) is 1.95. The van der Waals surface area contributed by atoms with Crippen LogP contribution in [0.25, 0.3) is 0 Å². The lowest BCUT2D eigenvalue weighted by atomic mass is 10.2. The van der Waals surface area contributed by atoms with Gasteiger partial charge >= 0.3 is 5.69 Å². The molecule has 0 bridgehead atoms. The van der Waals surface area contributed by atoms with Gasteiger partial charge in [0.2, 0.25) is 0 Å². The van der Waals surface area contributed by atoms with Crippen molar-refractivity contribution in [1.82, 2.24) is 4.98 Å². The number of hydrogen-bond donors (Lipinski definition) is 0. The Morgan fingerprint density at radius 2 is 2.29 bits per heavy atom. The van der Waals surface area contributed by atoms with Gasteiger partial charge < -0.3 is 0 Å². The van der Waals surface area contributed by atoms with Crippen LogP contribution in [0.2, 0.25) is 0 Å². The van der Waals surface area contributed by atoms with Crippen LogP contribution in [0.5, 0.6) is 0 Å². The van der Waals surface area contributed by atoms with Crippen LogP contribution in [-0.4, -0.2) is 9.91 Å². The van der Waals surface area contributed by atoms with Gasteiger partial charge in [0.1, 0.15) is 0 Å². The smallest absolute Gasteiger partial charge is 0.258 e. The van der Waals surface area contributed by atoms with E-state index in [0.29, 0.717) is 0 Å². The molecule has 0 unspecified atom stereocenters.